The van der Waals surface area contributed by atoms with Gasteiger partial charge in [0.15, 0.2) is 0 Å². The fraction of sp³-hybridized carbons (Fsp3) is 0.391. The number of carbonyl (C=O) groups is 2. The first-order valence-electron chi connectivity index (χ1n) is 10.0. The number of rotatable bonds is 4. The Labute approximate surface area is 179 Å². The number of hydrogen-bond acceptors (Lipinski definition) is 4. The molecule has 0 saturated carbocycles. The van der Waals surface area contributed by atoms with E-state index < -0.39 is 22.9 Å². The zero-order chi connectivity index (χ0) is 22.6. The summed E-state index contributed by atoms with van der Waals surface area (Å²) in [6.45, 7) is 5.87. The molecule has 8 heteroatoms. The molecule has 1 fully saturated rings. The molecule has 2 aromatic carbocycles. The molecular weight excluding hydrogens is 406 g/mol. The van der Waals surface area contributed by atoms with Crippen molar-refractivity contribution in [1.29, 1.82) is 0 Å². The van der Waals surface area contributed by atoms with Gasteiger partial charge in [-0.1, -0.05) is 12.1 Å². The van der Waals surface area contributed by atoms with Gasteiger partial charge in [-0.25, -0.2) is 13.6 Å². The van der Waals surface area contributed by atoms with E-state index in [1.165, 1.54) is 24.3 Å². The zero-order valence-electron chi connectivity index (χ0n) is 17.8. The Morgan fingerprint density at radius 2 is 1.65 bits per heavy atom. The van der Waals surface area contributed by atoms with E-state index in [2.05, 4.69) is 10.6 Å². The minimum absolute atomic E-state index is 0.116. The van der Waals surface area contributed by atoms with Crippen LogP contribution in [0.25, 0.3) is 0 Å². The maximum absolute atomic E-state index is 14.2. The average Bonchev–Trinajstić information content (AvgIpc) is 2.70. The van der Waals surface area contributed by atoms with Crippen LogP contribution in [0.15, 0.2) is 42.5 Å². The second-order valence-corrected chi connectivity index (χ2v) is 8.48. The molecule has 0 aromatic heterocycles. The molecule has 0 atom stereocenters. The summed E-state index contributed by atoms with van der Waals surface area (Å²) in [7, 11) is 0. The van der Waals surface area contributed by atoms with Gasteiger partial charge in [-0.15, -0.1) is 0 Å². The summed E-state index contributed by atoms with van der Waals surface area (Å²) < 4.78 is 38.2. The number of anilines is 2. The molecule has 0 bridgehead atoms. The predicted molar refractivity (Wildman–Crippen MR) is 113 cm³/mol. The Morgan fingerprint density at radius 1 is 1.00 bits per heavy atom. The Bertz CT molecular complexity index is 949. The maximum atomic E-state index is 14.2. The summed E-state index contributed by atoms with van der Waals surface area (Å²) in [5.41, 5.74) is -0.764. The van der Waals surface area contributed by atoms with E-state index in [-0.39, 0.29) is 17.4 Å². The highest BCUT2D eigenvalue weighted by Crippen LogP contribution is 2.36. The number of ether oxygens (including phenoxy) is 2. The van der Waals surface area contributed by atoms with Crippen molar-refractivity contribution in [2.24, 2.45) is 0 Å². The first-order chi connectivity index (χ1) is 14.6. The molecule has 31 heavy (non-hydrogen) atoms. The van der Waals surface area contributed by atoms with Crippen LogP contribution in [0.5, 0.6) is 0 Å². The minimum atomic E-state index is -0.904. The summed E-state index contributed by atoms with van der Waals surface area (Å²) in [5.74, 6) is -1.36. The predicted octanol–water partition coefficient (Wildman–Crippen LogP) is 5.00. The summed E-state index contributed by atoms with van der Waals surface area (Å²) in [4.78, 5) is 25.3. The number of carbonyl (C=O) groups excluding carboxylic acids is 2. The smallest absolute Gasteiger partial charge is 0.412 e. The van der Waals surface area contributed by atoms with Gasteiger partial charge >= 0.3 is 6.09 Å². The van der Waals surface area contributed by atoms with Crippen LogP contribution >= 0.6 is 0 Å². The Balaban J connectivity index is 1.82. The van der Waals surface area contributed by atoms with Crippen LogP contribution in [-0.2, 0) is 19.7 Å². The number of benzene rings is 2. The molecule has 0 spiro atoms. The number of halogens is 2. The zero-order valence-corrected chi connectivity index (χ0v) is 17.8. The van der Waals surface area contributed by atoms with Crippen LogP contribution in [0, 0.1) is 11.6 Å². The quantitative estimate of drug-likeness (QED) is 0.713. The lowest BCUT2D eigenvalue weighted by Gasteiger charge is -2.36. The first-order valence-corrected chi connectivity index (χ1v) is 10.0. The third-order valence-corrected chi connectivity index (χ3v) is 5.04. The second kappa shape index (κ2) is 9.01. The van der Waals surface area contributed by atoms with Gasteiger partial charge in [-0.2, -0.15) is 0 Å². The van der Waals surface area contributed by atoms with Crippen molar-refractivity contribution >= 4 is 23.4 Å². The standard InChI is InChI=1S/C23H26F2N2O4/c1-22(2,3)31-21(29)27-19-14-17(8-9-18(19)25)26-20(28)23(10-12-30-13-11-23)15-4-6-16(24)7-5-15/h4-9,14H,10-13H2,1-3H3,(H,26,28)(H,27,29). The van der Waals surface area contributed by atoms with Crippen molar-refractivity contribution in [3.8, 4) is 0 Å². The number of amides is 2. The van der Waals surface area contributed by atoms with E-state index in [9.17, 15) is 18.4 Å². The first kappa shape index (κ1) is 22.7. The molecule has 1 saturated heterocycles. The third-order valence-electron chi connectivity index (χ3n) is 5.04. The number of hydrogen-bond donors (Lipinski definition) is 2. The van der Waals surface area contributed by atoms with Gasteiger partial charge in [0.2, 0.25) is 5.91 Å². The second-order valence-electron chi connectivity index (χ2n) is 8.48. The summed E-state index contributed by atoms with van der Waals surface area (Å²) in [6.07, 6.45) is 0.0469. The van der Waals surface area contributed by atoms with E-state index in [0.717, 1.165) is 6.07 Å². The van der Waals surface area contributed by atoms with Gasteiger partial charge in [0.1, 0.15) is 17.2 Å². The van der Waals surface area contributed by atoms with E-state index in [0.29, 0.717) is 37.3 Å². The summed E-state index contributed by atoms with van der Waals surface area (Å²) >= 11 is 0. The van der Waals surface area contributed by atoms with Gasteiger partial charge in [0.05, 0.1) is 11.1 Å². The largest absolute Gasteiger partial charge is 0.444 e. The monoisotopic (exact) mass is 432 g/mol. The van der Waals surface area contributed by atoms with Crippen molar-refractivity contribution in [2.45, 2.75) is 44.6 Å². The Kier molecular flexibility index (Phi) is 6.59. The summed E-state index contributed by atoms with van der Waals surface area (Å²) in [6, 6.07) is 9.72. The lowest BCUT2D eigenvalue weighted by Crippen LogP contribution is -2.44. The highest BCUT2D eigenvalue weighted by atomic mass is 19.1. The van der Waals surface area contributed by atoms with Crippen LogP contribution in [0.2, 0.25) is 0 Å². The Morgan fingerprint density at radius 3 is 2.26 bits per heavy atom. The van der Waals surface area contributed by atoms with Gasteiger partial charge < -0.3 is 14.8 Å². The molecule has 2 amide bonds. The van der Waals surface area contributed by atoms with Crippen LogP contribution < -0.4 is 10.6 Å². The molecule has 1 aliphatic heterocycles. The van der Waals surface area contributed by atoms with Crippen LogP contribution in [0.1, 0.15) is 39.2 Å². The lowest BCUT2D eigenvalue weighted by molar-refractivity contribution is -0.125. The molecule has 1 aliphatic rings. The molecule has 0 unspecified atom stereocenters. The van der Waals surface area contributed by atoms with Crippen LogP contribution in [0.4, 0.5) is 25.0 Å². The highest BCUT2D eigenvalue weighted by molar-refractivity contribution is 6.00. The minimum Gasteiger partial charge on any atom is -0.444 e. The van der Waals surface area contributed by atoms with Gasteiger partial charge in [-0.3, -0.25) is 10.1 Å². The highest BCUT2D eigenvalue weighted by Gasteiger charge is 2.41. The van der Waals surface area contributed by atoms with Crippen molar-refractivity contribution in [3.63, 3.8) is 0 Å². The average molecular weight is 432 g/mol. The van der Waals surface area contributed by atoms with Crippen LogP contribution in [-0.4, -0.2) is 30.8 Å². The van der Waals surface area contributed by atoms with Gasteiger partial charge in [-0.05, 0) is 69.5 Å². The molecule has 6 nitrogen and oxygen atoms in total. The fourth-order valence-electron chi connectivity index (χ4n) is 3.50. The molecule has 166 valence electrons. The van der Waals surface area contributed by atoms with Crippen molar-refractivity contribution in [3.05, 3.63) is 59.7 Å². The molecule has 1 heterocycles. The maximum Gasteiger partial charge on any atom is 0.412 e. The van der Waals surface area contributed by atoms with Crippen molar-refractivity contribution in [1.82, 2.24) is 0 Å². The molecule has 2 N–H and O–H groups in total. The molecule has 0 radical (unpaired) electrons. The van der Waals surface area contributed by atoms with Crippen LogP contribution in [0.3, 0.4) is 0 Å². The summed E-state index contributed by atoms with van der Waals surface area (Å²) in [5, 5.41) is 5.17. The van der Waals surface area contributed by atoms with E-state index in [1.807, 2.05) is 0 Å². The third kappa shape index (κ3) is 5.58. The van der Waals surface area contributed by atoms with E-state index in [4.69, 9.17) is 9.47 Å². The van der Waals surface area contributed by atoms with E-state index >= 15 is 0 Å². The van der Waals surface area contributed by atoms with Crippen molar-refractivity contribution in [2.75, 3.05) is 23.8 Å². The Hall–Kier alpha value is -3.00. The fourth-order valence-corrected chi connectivity index (χ4v) is 3.50. The van der Waals surface area contributed by atoms with Gasteiger partial charge in [0.25, 0.3) is 0 Å². The normalized spacial score (nSPS) is 15.8. The molecule has 3 rings (SSSR count). The SMILES string of the molecule is CC(C)(C)OC(=O)Nc1cc(NC(=O)C2(c3ccc(F)cc3)CCOCC2)ccc1F. The number of nitrogens with one attached hydrogen (secondary N) is 2. The topological polar surface area (TPSA) is 76.7 Å². The van der Waals surface area contributed by atoms with Gasteiger partial charge in [0, 0.05) is 18.9 Å². The molecular formula is C23H26F2N2O4. The molecule has 2 aromatic rings. The lowest BCUT2D eigenvalue weighted by atomic mass is 9.73. The molecule has 0 aliphatic carbocycles. The van der Waals surface area contributed by atoms with E-state index in [1.54, 1.807) is 32.9 Å². The van der Waals surface area contributed by atoms with Crippen molar-refractivity contribution < 1.29 is 27.8 Å².